The number of sulfonamides is 1. The molecule has 1 aliphatic rings. The van der Waals surface area contributed by atoms with Gasteiger partial charge in [-0.2, -0.15) is 0 Å². The van der Waals surface area contributed by atoms with Crippen molar-refractivity contribution in [3.05, 3.63) is 48.4 Å². The molecule has 2 aromatic rings. The number of ether oxygens (including phenoxy) is 1. The summed E-state index contributed by atoms with van der Waals surface area (Å²) in [5.41, 5.74) is 0.851. The molecule has 0 atom stereocenters. The normalized spacial score (nSPS) is 15.4. The molecule has 144 valence electrons. The Morgan fingerprint density at radius 2 is 2.00 bits per heavy atom. The molecule has 3 heterocycles. The van der Waals surface area contributed by atoms with Crippen LogP contribution in [0.3, 0.4) is 0 Å². The Morgan fingerprint density at radius 3 is 2.59 bits per heavy atom. The van der Waals surface area contributed by atoms with Gasteiger partial charge in [0.15, 0.2) is 0 Å². The lowest BCUT2D eigenvalue weighted by atomic mass is 10.1. The van der Waals surface area contributed by atoms with E-state index in [1.165, 1.54) is 6.20 Å². The van der Waals surface area contributed by atoms with Gasteiger partial charge in [0.1, 0.15) is 11.8 Å². The van der Waals surface area contributed by atoms with Crippen molar-refractivity contribution >= 4 is 21.6 Å². The first-order valence-corrected chi connectivity index (χ1v) is 10.5. The molecule has 0 unspecified atom stereocenters. The van der Waals surface area contributed by atoms with E-state index in [1.807, 2.05) is 0 Å². The quantitative estimate of drug-likeness (QED) is 0.809. The fourth-order valence-electron chi connectivity index (χ4n) is 2.76. The van der Waals surface area contributed by atoms with Crippen molar-refractivity contribution in [2.24, 2.45) is 0 Å². The average molecular weight is 390 g/mol. The zero-order valence-electron chi connectivity index (χ0n) is 15.0. The number of nitrogens with zero attached hydrogens (tertiary/aromatic N) is 3. The van der Waals surface area contributed by atoms with Crippen LogP contribution >= 0.6 is 0 Å². The van der Waals surface area contributed by atoms with Gasteiger partial charge in [0.2, 0.25) is 15.9 Å². The number of nitrogens with one attached hydrogen (secondary N) is 1. The average Bonchev–Trinajstić information content (AvgIpc) is 2.70. The summed E-state index contributed by atoms with van der Waals surface area (Å²) in [6, 6.07) is 8.55. The number of amides is 1. The highest BCUT2D eigenvalue weighted by Gasteiger charge is 2.25. The third-order valence-corrected chi connectivity index (χ3v) is 5.60. The molecule has 1 fully saturated rings. The molecule has 0 aliphatic carbocycles. The first kappa shape index (κ1) is 19.1. The Kier molecular flexibility index (Phi) is 5.90. The number of carbonyl (C=O) groups is 1. The van der Waals surface area contributed by atoms with Crippen LogP contribution in [0.4, 0.5) is 5.69 Å². The molecule has 0 saturated carbocycles. The van der Waals surface area contributed by atoms with Gasteiger partial charge in [0.25, 0.3) is 5.91 Å². The Morgan fingerprint density at radius 1 is 1.22 bits per heavy atom. The minimum Gasteiger partial charge on any atom is -0.474 e. The Bertz CT molecular complexity index is 864. The van der Waals surface area contributed by atoms with Crippen molar-refractivity contribution in [3.63, 3.8) is 0 Å². The SMILES string of the molecule is CCS(=O)(=O)Nc1ccc(OC2CCN(C(=O)c3ccccn3)CC2)nc1. The van der Waals surface area contributed by atoms with Crippen molar-refractivity contribution in [2.45, 2.75) is 25.9 Å². The van der Waals surface area contributed by atoms with Crippen LogP contribution in [0.25, 0.3) is 0 Å². The van der Waals surface area contributed by atoms with Crippen molar-refractivity contribution in [2.75, 3.05) is 23.6 Å². The summed E-state index contributed by atoms with van der Waals surface area (Å²) in [5.74, 6) is 0.366. The second-order valence-corrected chi connectivity index (χ2v) is 8.23. The zero-order valence-corrected chi connectivity index (χ0v) is 15.9. The molecule has 8 nitrogen and oxygen atoms in total. The first-order chi connectivity index (χ1) is 13.0. The minimum absolute atomic E-state index is 0.00104. The van der Waals surface area contributed by atoms with Crippen molar-refractivity contribution in [3.8, 4) is 5.88 Å². The number of rotatable bonds is 6. The van der Waals surface area contributed by atoms with Gasteiger partial charge in [-0.1, -0.05) is 6.07 Å². The van der Waals surface area contributed by atoms with E-state index in [9.17, 15) is 13.2 Å². The van der Waals surface area contributed by atoms with Crippen LogP contribution in [0.1, 0.15) is 30.3 Å². The fourth-order valence-corrected chi connectivity index (χ4v) is 3.39. The summed E-state index contributed by atoms with van der Waals surface area (Å²) in [6.07, 6.45) is 4.40. The molecule has 1 saturated heterocycles. The number of hydrogen-bond donors (Lipinski definition) is 1. The third kappa shape index (κ3) is 5.16. The van der Waals surface area contributed by atoms with Crippen molar-refractivity contribution in [1.82, 2.24) is 14.9 Å². The Labute approximate surface area is 158 Å². The molecule has 9 heteroatoms. The van der Waals surface area contributed by atoms with Crippen molar-refractivity contribution in [1.29, 1.82) is 0 Å². The van der Waals surface area contributed by atoms with E-state index in [4.69, 9.17) is 4.74 Å². The molecule has 1 aliphatic heterocycles. The number of carbonyl (C=O) groups excluding carboxylic acids is 1. The molecule has 2 aromatic heterocycles. The van der Waals surface area contributed by atoms with Crippen LogP contribution in [0.15, 0.2) is 42.7 Å². The number of likely N-dealkylation sites (tertiary alicyclic amines) is 1. The van der Waals surface area contributed by atoms with Crippen LogP contribution in [0, 0.1) is 0 Å². The van der Waals surface area contributed by atoms with Gasteiger partial charge in [0, 0.05) is 38.2 Å². The number of aromatic nitrogens is 2. The standard InChI is InChI=1S/C18H22N4O4S/c1-2-27(24,25)21-14-6-7-17(20-13-14)26-15-8-11-22(12-9-15)18(23)16-5-3-4-10-19-16/h3-7,10,13,15,21H,2,8-9,11-12H2,1H3. The fraction of sp³-hybridized carbons (Fsp3) is 0.389. The van der Waals surface area contributed by atoms with Gasteiger partial charge in [-0.3, -0.25) is 14.5 Å². The maximum absolute atomic E-state index is 12.4. The molecule has 0 radical (unpaired) electrons. The van der Waals surface area contributed by atoms with E-state index >= 15 is 0 Å². The molecule has 3 rings (SSSR count). The Balaban J connectivity index is 1.51. The van der Waals surface area contributed by atoms with Crippen LogP contribution in [-0.2, 0) is 10.0 Å². The van der Waals surface area contributed by atoms with Gasteiger partial charge in [-0.25, -0.2) is 13.4 Å². The van der Waals surface area contributed by atoms with Gasteiger partial charge in [-0.05, 0) is 25.1 Å². The van der Waals surface area contributed by atoms with E-state index in [0.29, 0.717) is 43.2 Å². The summed E-state index contributed by atoms with van der Waals surface area (Å²) >= 11 is 0. The summed E-state index contributed by atoms with van der Waals surface area (Å²) < 4.78 is 31.4. The molecular formula is C18H22N4O4S. The summed E-state index contributed by atoms with van der Waals surface area (Å²) in [6.45, 7) is 2.75. The number of piperidine rings is 1. The zero-order chi connectivity index (χ0) is 19.3. The van der Waals surface area contributed by atoms with E-state index in [1.54, 1.807) is 48.4 Å². The third-order valence-electron chi connectivity index (χ3n) is 4.29. The summed E-state index contributed by atoms with van der Waals surface area (Å²) in [4.78, 5) is 22.4. The largest absolute Gasteiger partial charge is 0.474 e. The maximum atomic E-state index is 12.4. The monoisotopic (exact) mass is 390 g/mol. The summed E-state index contributed by atoms with van der Waals surface area (Å²) in [5, 5.41) is 0. The van der Waals surface area contributed by atoms with Crippen LogP contribution in [-0.4, -0.2) is 54.1 Å². The van der Waals surface area contributed by atoms with Crippen molar-refractivity contribution < 1.29 is 17.9 Å². The first-order valence-electron chi connectivity index (χ1n) is 8.80. The van der Waals surface area contributed by atoms with E-state index in [2.05, 4.69) is 14.7 Å². The molecular weight excluding hydrogens is 368 g/mol. The van der Waals surface area contributed by atoms with E-state index in [0.717, 1.165) is 0 Å². The predicted molar refractivity (Wildman–Crippen MR) is 101 cm³/mol. The number of pyridine rings is 2. The number of anilines is 1. The van der Waals surface area contributed by atoms with Crippen LogP contribution in [0.5, 0.6) is 5.88 Å². The topological polar surface area (TPSA) is 101 Å². The predicted octanol–water partition coefficient (Wildman–Crippen LogP) is 1.92. The van der Waals surface area contributed by atoms with Gasteiger partial charge in [0.05, 0.1) is 17.6 Å². The lowest BCUT2D eigenvalue weighted by Crippen LogP contribution is -2.42. The highest BCUT2D eigenvalue weighted by Crippen LogP contribution is 2.20. The van der Waals surface area contributed by atoms with E-state index < -0.39 is 10.0 Å². The molecule has 0 bridgehead atoms. The maximum Gasteiger partial charge on any atom is 0.272 e. The highest BCUT2D eigenvalue weighted by molar-refractivity contribution is 7.92. The molecule has 1 N–H and O–H groups in total. The van der Waals surface area contributed by atoms with Gasteiger partial charge < -0.3 is 9.64 Å². The summed E-state index contributed by atoms with van der Waals surface area (Å²) in [7, 11) is -3.32. The number of hydrogen-bond acceptors (Lipinski definition) is 6. The highest BCUT2D eigenvalue weighted by atomic mass is 32.2. The molecule has 27 heavy (non-hydrogen) atoms. The Hall–Kier alpha value is -2.68. The van der Waals surface area contributed by atoms with Gasteiger partial charge >= 0.3 is 0 Å². The molecule has 0 spiro atoms. The second-order valence-electron chi connectivity index (χ2n) is 6.21. The lowest BCUT2D eigenvalue weighted by molar-refractivity contribution is 0.0582. The second kappa shape index (κ2) is 8.34. The van der Waals surface area contributed by atoms with Gasteiger partial charge in [-0.15, -0.1) is 0 Å². The molecule has 1 amide bonds. The smallest absolute Gasteiger partial charge is 0.272 e. The van der Waals surface area contributed by atoms with E-state index in [-0.39, 0.29) is 17.8 Å². The van der Waals surface area contributed by atoms with Crippen LogP contribution < -0.4 is 9.46 Å². The lowest BCUT2D eigenvalue weighted by Gasteiger charge is -2.31. The van der Waals surface area contributed by atoms with Crippen LogP contribution in [0.2, 0.25) is 0 Å². The molecule has 0 aromatic carbocycles. The minimum atomic E-state index is -3.32.